The van der Waals surface area contributed by atoms with Crippen LogP contribution in [-0.2, 0) is 21.4 Å². The highest BCUT2D eigenvalue weighted by molar-refractivity contribution is 7.92. The van der Waals surface area contributed by atoms with Gasteiger partial charge in [0.15, 0.2) is 0 Å². The van der Waals surface area contributed by atoms with Crippen LogP contribution in [0.3, 0.4) is 0 Å². The normalized spacial score (nSPS) is 15.1. The monoisotopic (exact) mass is 511 g/mol. The van der Waals surface area contributed by atoms with Gasteiger partial charge in [0.2, 0.25) is 5.91 Å². The van der Waals surface area contributed by atoms with Crippen molar-refractivity contribution in [1.82, 2.24) is 4.90 Å². The van der Waals surface area contributed by atoms with Gasteiger partial charge in [-0.1, -0.05) is 47.5 Å². The number of amides is 1. The topological polar surface area (TPSA) is 78.5 Å². The predicted octanol–water partition coefficient (Wildman–Crippen LogP) is 5.61. The first-order valence-corrected chi connectivity index (χ1v) is 13.5. The zero-order chi connectivity index (χ0) is 25.0. The number of halogens is 1. The molecule has 0 aliphatic carbocycles. The maximum Gasteiger partial charge on any atom is 0.261 e. The summed E-state index contributed by atoms with van der Waals surface area (Å²) in [6.45, 7) is 6.53. The zero-order valence-corrected chi connectivity index (χ0v) is 21.5. The van der Waals surface area contributed by atoms with E-state index >= 15 is 0 Å². The van der Waals surface area contributed by atoms with Crippen molar-refractivity contribution in [2.24, 2.45) is 5.92 Å². The van der Waals surface area contributed by atoms with Gasteiger partial charge < -0.3 is 5.32 Å². The second kappa shape index (κ2) is 10.8. The van der Waals surface area contributed by atoms with Gasteiger partial charge in [0.05, 0.1) is 10.6 Å². The van der Waals surface area contributed by atoms with Crippen molar-refractivity contribution in [3.8, 4) is 0 Å². The standard InChI is InChI=1S/C27H30ClN3O3S/c1-19-3-6-21(7-4-19)18-31-15-13-22(14-16-31)27(32)29-24-9-11-25(12-10-24)35(33,34)30-26-17-23(28)8-5-20(26)2/h3-12,17,22,30H,13-16,18H2,1-2H3,(H,29,32). The average molecular weight is 512 g/mol. The highest BCUT2D eigenvalue weighted by atomic mass is 35.5. The third-order valence-electron chi connectivity index (χ3n) is 6.36. The first kappa shape index (κ1) is 25.2. The van der Waals surface area contributed by atoms with E-state index in [1.165, 1.54) is 23.3 Å². The summed E-state index contributed by atoms with van der Waals surface area (Å²) in [6.07, 6.45) is 1.60. The number of hydrogen-bond donors (Lipinski definition) is 2. The Balaban J connectivity index is 1.31. The summed E-state index contributed by atoms with van der Waals surface area (Å²) in [4.78, 5) is 15.3. The lowest BCUT2D eigenvalue weighted by molar-refractivity contribution is -0.121. The van der Waals surface area contributed by atoms with E-state index in [1.807, 2.05) is 0 Å². The van der Waals surface area contributed by atoms with Crippen molar-refractivity contribution in [2.75, 3.05) is 23.1 Å². The van der Waals surface area contributed by atoms with E-state index in [1.54, 1.807) is 37.3 Å². The summed E-state index contributed by atoms with van der Waals surface area (Å²) in [6, 6.07) is 19.8. The summed E-state index contributed by atoms with van der Waals surface area (Å²) >= 11 is 6.00. The molecule has 1 aliphatic heterocycles. The molecule has 4 rings (SSSR count). The van der Waals surface area contributed by atoms with Crippen molar-refractivity contribution in [3.63, 3.8) is 0 Å². The van der Waals surface area contributed by atoms with Crippen molar-refractivity contribution >= 4 is 38.9 Å². The molecule has 0 saturated carbocycles. The van der Waals surface area contributed by atoms with Gasteiger partial charge in [0.1, 0.15) is 0 Å². The molecule has 1 aliphatic rings. The van der Waals surface area contributed by atoms with E-state index in [2.05, 4.69) is 46.1 Å². The Morgan fingerprint density at radius 3 is 2.29 bits per heavy atom. The molecule has 184 valence electrons. The molecule has 1 amide bonds. The molecule has 0 atom stereocenters. The molecule has 0 radical (unpaired) electrons. The molecule has 8 heteroatoms. The first-order valence-electron chi connectivity index (χ1n) is 11.7. The zero-order valence-electron chi connectivity index (χ0n) is 19.9. The number of nitrogens with one attached hydrogen (secondary N) is 2. The van der Waals surface area contributed by atoms with Crippen LogP contribution in [0.4, 0.5) is 11.4 Å². The summed E-state index contributed by atoms with van der Waals surface area (Å²) in [5.41, 5.74) is 4.32. The molecule has 1 heterocycles. The summed E-state index contributed by atoms with van der Waals surface area (Å²) in [5, 5.41) is 3.39. The molecule has 1 fully saturated rings. The summed E-state index contributed by atoms with van der Waals surface area (Å²) in [5.74, 6) is -0.0802. The molecule has 6 nitrogen and oxygen atoms in total. The molecule has 0 spiro atoms. The Kier molecular flexibility index (Phi) is 7.79. The van der Waals surface area contributed by atoms with Gasteiger partial charge in [0, 0.05) is 23.2 Å². The van der Waals surface area contributed by atoms with Crippen molar-refractivity contribution < 1.29 is 13.2 Å². The molecular weight excluding hydrogens is 482 g/mol. The van der Waals surface area contributed by atoms with Crippen LogP contribution in [-0.4, -0.2) is 32.3 Å². The Bertz CT molecular complexity index is 1280. The number of aryl methyl sites for hydroxylation is 2. The third kappa shape index (κ3) is 6.63. The minimum Gasteiger partial charge on any atom is -0.326 e. The van der Waals surface area contributed by atoms with Gasteiger partial charge in [-0.2, -0.15) is 0 Å². The molecular formula is C27H30ClN3O3S. The molecule has 35 heavy (non-hydrogen) atoms. The maximum absolute atomic E-state index is 12.8. The quantitative estimate of drug-likeness (QED) is 0.432. The van der Waals surface area contributed by atoms with E-state index < -0.39 is 10.0 Å². The Labute approximate surface area is 212 Å². The summed E-state index contributed by atoms with van der Waals surface area (Å²) in [7, 11) is -3.78. The highest BCUT2D eigenvalue weighted by Gasteiger charge is 2.25. The number of nitrogens with zero attached hydrogens (tertiary/aromatic N) is 1. The number of carbonyl (C=O) groups is 1. The number of carbonyl (C=O) groups excluding carboxylic acids is 1. The third-order valence-corrected chi connectivity index (χ3v) is 7.98. The smallest absolute Gasteiger partial charge is 0.261 e. The van der Waals surface area contributed by atoms with E-state index in [0.29, 0.717) is 16.4 Å². The van der Waals surface area contributed by atoms with Gasteiger partial charge >= 0.3 is 0 Å². The largest absolute Gasteiger partial charge is 0.326 e. The fourth-order valence-corrected chi connectivity index (χ4v) is 5.47. The van der Waals surface area contributed by atoms with E-state index in [0.717, 1.165) is 38.0 Å². The second-order valence-corrected chi connectivity index (χ2v) is 11.2. The molecule has 1 saturated heterocycles. The maximum atomic E-state index is 12.8. The number of likely N-dealkylation sites (tertiary alicyclic amines) is 1. The Morgan fingerprint density at radius 1 is 0.971 bits per heavy atom. The van der Waals surface area contributed by atoms with Crippen LogP contribution >= 0.6 is 11.6 Å². The van der Waals surface area contributed by atoms with Gasteiger partial charge in [-0.05, 0) is 87.3 Å². The first-order chi connectivity index (χ1) is 16.7. The number of anilines is 2. The number of piperidine rings is 1. The lowest BCUT2D eigenvalue weighted by Gasteiger charge is -2.31. The average Bonchev–Trinajstić information content (AvgIpc) is 2.83. The highest BCUT2D eigenvalue weighted by Crippen LogP contribution is 2.25. The van der Waals surface area contributed by atoms with Gasteiger partial charge in [0.25, 0.3) is 10.0 Å². The number of rotatable bonds is 7. The van der Waals surface area contributed by atoms with Crippen molar-refractivity contribution in [3.05, 3.63) is 88.4 Å². The number of benzene rings is 3. The van der Waals surface area contributed by atoms with Crippen LogP contribution in [0.2, 0.25) is 5.02 Å². The van der Waals surface area contributed by atoms with Gasteiger partial charge in [-0.3, -0.25) is 14.4 Å². The SMILES string of the molecule is Cc1ccc(CN2CCC(C(=O)Nc3ccc(S(=O)(=O)Nc4cc(Cl)ccc4C)cc3)CC2)cc1. The van der Waals surface area contributed by atoms with Gasteiger partial charge in [-0.25, -0.2) is 8.42 Å². The molecule has 0 bridgehead atoms. The van der Waals surface area contributed by atoms with E-state index in [9.17, 15) is 13.2 Å². The number of hydrogen-bond acceptors (Lipinski definition) is 4. The van der Waals surface area contributed by atoms with Gasteiger partial charge in [-0.15, -0.1) is 0 Å². The molecule has 0 unspecified atom stereocenters. The lowest BCUT2D eigenvalue weighted by atomic mass is 9.95. The minimum atomic E-state index is -3.78. The lowest BCUT2D eigenvalue weighted by Crippen LogP contribution is -2.37. The summed E-state index contributed by atoms with van der Waals surface area (Å²) < 4.78 is 28.1. The van der Waals surface area contributed by atoms with E-state index in [-0.39, 0.29) is 16.7 Å². The Morgan fingerprint density at radius 2 is 1.63 bits per heavy atom. The number of sulfonamides is 1. The molecule has 3 aromatic carbocycles. The van der Waals surface area contributed by atoms with Crippen LogP contribution in [0.1, 0.15) is 29.5 Å². The van der Waals surface area contributed by atoms with Crippen LogP contribution in [0, 0.1) is 19.8 Å². The second-order valence-electron chi connectivity index (χ2n) is 9.11. The fourth-order valence-electron chi connectivity index (χ4n) is 4.17. The van der Waals surface area contributed by atoms with Crippen LogP contribution in [0.15, 0.2) is 71.6 Å². The molecule has 3 aromatic rings. The fraction of sp³-hybridized carbons (Fsp3) is 0.296. The Hall–Kier alpha value is -2.87. The van der Waals surface area contributed by atoms with Crippen molar-refractivity contribution in [2.45, 2.75) is 38.1 Å². The van der Waals surface area contributed by atoms with Crippen LogP contribution < -0.4 is 10.0 Å². The van der Waals surface area contributed by atoms with Crippen LogP contribution in [0.25, 0.3) is 0 Å². The molecule has 2 N–H and O–H groups in total. The minimum absolute atomic E-state index is 0.0247. The van der Waals surface area contributed by atoms with E-state index in [4.69, 9.17) is 11.6 Å². The van der Waals surface area contributed by atoms with Crippen molar-refractivity contribution in [1.29, 1.82) is 0 Å². The molecule has 0 aromatic heterocycles. The predicted molar refractivity (Wildman–Crippen MR) is 141 cm³/mol. The van der Waals surface area contributed by atoms with Crippen LogP contribution in [0.5, 0.6) is 0 Å².